The second kappa shape index (κ2) is 7.11. The number of likely N-dealkylation sites (tertiary alicyclic amines) is 1. The molecule has 4 nitrogen and oxygen atoms in total. The lowest BCUT2D eigenvalue weighted by Gasteiger charge is -2.22. The molecule has 134 valence electrons. The fourth-order valence-electron chi connectivity index (χ4n) is 4.73. The topological polar surface area (TPSA) is 43.4 Å². The predicted molar refractivity (Wildman–Crippen MR) is 105 cm³/mol. The number of guanidine groups is 1. The summed E-state index contributed by atoms with van der Waals surface area (Å²) >= 11 is 0. The summed E-state index contributed by atoms with van der Waals surface area (Å²) in [5.41, 5.74) is 3.92. The minimum absolute atomic E-state index is 0.893. The Morgan fingerprint density at radius 1 is 1.24 bits per heavy atom. The highest BCUT2D eigenvalue weighted by Gasteiger charge is 2.35. The number of benzene rings is 1. The second-order valence-corrected chi connectivity index (χ2v) is 7.80. The molecule has 0 spiro atoms. The number of nitrogens with zero attached hydrogens (tertiary/aromatic N) is 2. The largest absolute Gasteiger partial charge is 0.361 e. The molecule has 0 amide bonds. The van der Waals surface area contributed by atoms with Gasteiger partial charge in [0.05, 0.1) is 0 Å². The smallest absolute Gasteiger partial charge is 0.193 e. The Kier molecular flexibility index (Phi) is 4.69. The van der Waals surface area contributed by atoms with Gasteiger partial charge in [-0.25, -0.2) is 0 Å². The molecule has 2 unspecified atom stereocenters. The fourth-order valence-corrected chi connectivity index (χ4v) is 4.73. The minimum Gasteiger partial charge on any atom is -0.361 e. The summed E-state index contributed by atoms with van der Waals surface area (Å²) in [4.78, 5) is 10.4. The summed E-state index contributed by atoms with van der Waals surface area (Å²) in [5.74, 6) is 2.87. The molecule has 2 aliphatic rings. The lowest BCUT2D eigenvalue weighted by atomic mass is 9.82. The number of rotatable bonds is 3. The van der Waals surface area contributed by atoms with E-state index in [1.165, 1.54) is 60.8 Å². The zero-order valence-corrected chi connectivity index (χ0v) is 15.5. The van der Waals surface area contributed by atoms with Gasteiger partial charge in [0.2, 0.25) is 0 Å². The van der Waals surface area contributed by atoms with Gasteiger partial charge in [0.25, 0.3) is 0 Å². The van der Waals surface area contributed by atoms with Crippen LogP contribution in [0.4, 0.5) is 0 Å². The van der Waals surface area contributed by atoms with Crippen LogP contribution in [0, 0.1) is 18.8 Å². The normalized spacial score (nSPS) is 23.9. The van der Waals surface area contributed by atoms with Crippen molar-refractivity contribution in [2.75, 3.05) is 26.7 Å². The monoisotopic (exact) mass is 338 g/mol. The number of hydrogen-bond acceptors (Lipinski definition) is 1. The summed E-state index contributed by atoms with van der Waals surface area (Å²) in [6.07, 6.45) is 8.82. The van der Waals surface area contributed by atoms with Gasteiger partial charge >= 0.3 is 0 Å². The van der Waals surface area contributed by atoms with E-state index in [2.05, 4.69) is 51.5 Å². The maximum absolute atomic E-state index is 4.54. The van der Waals surface area contributed by atoms with Crippen molar-refractivity contribution < 1.29 is 0 Å². The molecule has 1 saturated heterocycles. The quantitative estimate of drug-likeness (QED) is 0.662. The summed E-state index contributed by atoms with van der Waals surface area (Å²) < 4.78 is 0. The third kappa shape index (κ3) is 3.39. The molecular formula is C21H30N4. The molecule has 1 aliphatic carbocycles. The number of nitrogens with one attached hydrogen (secondary N) is 2. The molecular weight excluding hydrogens is 308 g/mol. The molecule has 1 aromatic heterocycles. The Morgan fingerprint density at radius 3 is 2.72 bits per heavy atom. The average molecular weight is 338 g/mol. The van der Waals surface area contributed by atoms with E-state index in [9.17, 15) is 0 Å². The number of fused-ring (bicyclic) bond motifs is 2. The van der Waals surface area contributed by atoms with Crippen LogP contribution in [0.25, 0.3) is 10.9 Å². The van der Waals surface area contributed by atoms with Gasteiger partial charge in [-0.2, -0.15) is 0 Å². The summed E-state index contributed by atoms with van der Waals surface area (Å²) in [7, 11) is 1.92. The number of aromatic amines is 1. The molecule has 2 fully saturated rings. The average Bonchev–Trinajstić information content (AvgIpc) is 3.22. The van der Waals surface area contributed by atoms with Crippen molar-refractivity contribution in [2.45, 2.75) is 39.0 Å². The van der Waals surface area contributed by atoms with Gasteiger partial charge in [-0.1, -0.05) is 25.0 Å². The van der Waals surface area contributed by atoms with Gasteiger partial charge in [0.1, 0.15) is 0 Å². The maximum Gasteiger partial charge on any atom is 0.193 e. The van der Waals surface area contributed by atoms with Crippen LogP contribution >= 0.6 is 0 Å². The molecule has 4 rings (SSSR count). The third-order valence-electron chi connectivity index (χ3n) is 6.09. The van der Waals surface area contributed by atoms with Gasteiger partial charge in [-0.15, -0.1) is 0 Å². The van der Waals surface area contributed by atoms with E-state index in [1.807, 2.05) is 7.05 Å². The number of H-pyrrole nitrogens is 1. The van der Waals surface area contributed by atoms with Crippen LogP contribution in [0.5, 0.6) is 0 Å². The maximum atomic E-state index is 4.54. The van der Waals surface area contributed by atoms with Gasteiger partial charge in [0.15, 0.2) is 5.96 Å². The lowest BCUT2D eigenvalue weighted by molar-refractivity contribution is 0.299. The molecule has 1 aromatic carbocycles. The van der Waals surface area contributed by atoms with Crippen molar-refractivity contribution in [3.8, 4) is 0 Å². The lowest BCUT2D eigenvalue weighted by Crippen LogP contribution is -2.41. The Balaban J connectivity index is 1.35. The Morgan fingerprint density at radius 2 is 2.00 bits per heavy atom. The number of aryl methyl sites for hydroxylation is 1. The van der Waals surface area contributed by atoms with Crippen molar-refractivity contribution in [1.29, 1.82) is 0 Å². The first-order chi connectivity index (χ1) is 12.2. The van der Waals surface area contributed by atoms with E-state index in [-0.39, 0.29) is 0 Å². The van der Waals surface area contributed by atoms with Crippen LogP contribution in [0.2, 0.25) is 0 Å². The molecule has 4 heteroatoms. The van der Waals surface area contributed by atoms with Crippen LogP contribution in [-0.4, -0.2) is 42.5 Å². The van der Waals surface area contributed by atoms with Gasteiger partial charge < -0.3 is 15.2 Å². The van der Waals surface area contributed by atoms with Crippen LogP contribution in [0.15, 0.2) is 29.4 Å². The van der Waals surface area contributed by atoms with E-state index in [0.717, 1.165) is 30.8 Å². The van der Waals surface area contributed by atoms with Crippen molar-refractivity contribution in [2.24, 2.45) is 16.8 Å². The highest BCUT2D eigenvalue weighted by molar-refractivity contribution is 5.84. The van der Waals surface area contributed by atoms with Gasteiger partial charge in [-0.05, 0) is 55.2 Å². The molecule has 1 aliphatic heterocycles. The van der Waals surface area contributed by atoms with Gasteiger partial charge in [0, 0.05) is 43.8 Å². The SMILES string of the molecule is CN=C(NCCc1c[nH]c2cc(C)ccc12)N1CC2CCCCC2C1. The first kappa shape index (κ1) is 16.5. The Bertz CT molecular complexity index is 746. The van der Waals surface area contributed by atoms with Crippen molar-refractivity contribution in [3.63, 3.8) is 0 Å². The second-order valence-electron chi connectivity index (χ2n) is 7.80. The van der Waals surface area contributed by atoms with E-state index in [0.29, 0.717) is 0 Å². The minimum atomic E-state index is 0.893. The van der Waals surface area contributed by atoms with E-state index in [1.54, 1.807) is 0 Å². The molecule has 2 atom stereocenters. The molecule has 2 N–H and O–H groups in total. The first-order valence-electron chi connectivity index (χ1n) is 9.77. The molecule has 2 aromatic rings. The molecule has 0 radical (unpaired) electrons. The van der Waals surface area contributed by atoms with E-state index >= 15 is 0 Å². The van der Waals surface area contributed by atoms with E-state index < -0.39 is 0 Å². The standard InChI is InChI=1S/C21H30N4/c1-15-7-8-19-16(12-24-20(19)11-15)9-10-23-21(22-2)25-13-17-5-3-4-6-18(17)14-25/h7-8,11-12,17-18,24H,3-6,9-10,13-14H2,1-2H3,(H,22,23). The van der Waals surface area contributed by atoms with Crippen LogP contribution < -0.4 is 5.32 Å². The van der Waals surface area contributed by atoms with Crippen LogP contribution in [0.3, 0.4) is 0 Å². The number of aromatic nitrogens is 1. The fraction of sp³-hybridized carbons (Fsp3) is 0.571. The van der Waals surface area contributed by atoms with Crippen molar-refractivity contribution in [3.05, 3.63) is 35.5 Å². The Hall–Kier alpha value is -1.97. The Labute approximate surface area is 150 Å². The van der Waals surface area contributed by atoms with Gasteiger partial charge in [-0.3, -0.25) is 4.99 Å². The number of aliphatic imine (C=N–C) groups is 1. The highest BCUT2D eigenvalue weighted by atomic mass is 15.3. The molecule has 0 bridgehead atoms. The summed E-state index contributed by atoms with van der Waals surface area (Å²) in [6, 6.07) is 6.64. The first-order valence-corrected chi connectivity index (χ1v) is 9.77. The zero-order valence-electron chi connectivity index (χ0n) is 15.5. The molecule has 2 heterocycles. The third-order valence-corrected chi connectivity index (χ3v) is 6.09. The predicted octanol–water partition coefficient (Wildman–Crippen LogP) is 3.72. The zero-order chi connectivity index (χ0) is 17.2. The summed E-state index contributed by atoms with van der Waals surface area (Å²) in [5, 5.41) is 4.94. The van der Waals surface area contributed by atoms with Crippen molar-refractivity contribution in [1.82, 2.24) is 15.2 Å². The summed E-state index contributed by atoms with van der Waals surface area (Å²) in [6.45, 7) is 5.45. The molecule has 1 saturated carbocycles. The van der Waals surface area contributed by atoms with Crippen LogP contribution in [0.1, 0.15) is 36.8 Å². The van der Waals surface area contributed by atoms with Crippen molar-refractivity contribution >= 4 is 16.9 Å². The van der Waals surface area contributed by atoms with E-state index in [4.69, 9.17) is 0 Å². The molecule has 25 heavy (non-hydrogen) atoms. The number of hydrogen-bond donors (Lipinski definition) is 2. The van der Waals surface area contributed by atoms with Crippen LogP contribution in [-0.2, 0) is 6.42 Å². The highest BCUT2D eigenvalue weighted by Crippen LogP contribution is 2.35.